The number of aromatic nitrogens is 3. The normalized spacial score (nSPS) is 14.9. The Bertz CT molecular complexity index is 786. The summed E-state index contributed by atoms with van der Waals surface area (Å²) in [6.07, 6.45) is 9.70. The molecule has 2 aromatic rings. The van der Waals surface area contributed by atoms with Crippen molar-refractivity contribution in [3.8, 4) is 0 Å². The highest BCUT2D eigenvalue weighted by atomic mass is 16.5. The molecular weight excluding hydrogens is 430 g/mol. The summed E-state index contributed by atoms with van der Waals surface area (Å²) in [5, 5.41) is 10.2. The summed E-state index contributed by atoms with van der Waals surface area (Å²) in [5.41, 5.74) is 6.69. The summed E-state index contributed by atoms with van der Waals surface area (Å²) in [6.45, 7) is 4.08. The van der Waals surface area contributed by atoms with E-state index in [1.807, 2.05) is 6.07 Å². The van der Waals surface area contributed by atoms with Crippen LogP contribution < -0.4 is 21.7 Å². The molecule has 0 amide bonds. The maximum atomic E-state index is 5.59. The van der Waals surface area contributed by atoms with Crippen LogP contribution in [-0.2, 0) is 15.9 Å². The molecule has 0 spiro atoms. The van der Waals surface area contributed by atoms with Crippen LogP contribution in [0.15, 0.2) is 30.3 Å². The molecule has 0 bridgehead atoms. The molecule has 1 fully saturated rings. The Balaban J connectivity index is 1.53. The van der Waals surface area contributed by atoms with Gasteiger partial charge in [0.1, 0.15) is 0 Å². The Labute approximate surface area is 203 Å². The van der Waals surface area contributed by atoms with E-state index in [1.54, 1.807) is 0 Å². The van der Waals surface area contributed by atoms with Gasteiger partial charge < -0.3 is 31.2 Å². The lowest BCUT2D eigenvalue weighted by atomic mass is 9.97. The van der Waals surface area contributed by atoms with Gasteiger partial charge in [-0.3, -0.25) is 0 Å². The average molecular weight is 472 g/mol. The van der Waals surface area contributed by atoms with E-state index >= 15 is 0 Å². The quantitative estimate of drug-likeness (QED) is 0.290. The second-order valence-electron chi connectivity index (χ2n) is 8.60. The van der Waals surface area contributed by atoms with Crippen molar-refractivity contribution in [2.45, 2.75) is 57.4 Å². The van der Waals surface area contributed by atoms with E-state index in [9.17, 15) is 0 Å². The predicted molar refractivity (Wildman–Crippen MR) is 137 cm³/mol. The number of benzene rings is 1. The van der Waals surface area contributed by atoms with Crippen LogP contribution in [0.3, 0.4) is 0 Å². The number of nitrogens with two attached hydrogens (primary N) is 1. The number of nitrogens with one attached hydrogen (secondary N) is 3. The van der Waals surface area contributed by atoms with E-state index in [2.05, 4.69) is 55.2 Å². The first-order valence-corrected chi connectivity index (χ1v) is 12.7. The molecule has 0 saturated heterocycles. The summed E-state index contributed by atoms with van der Waals surface area (Å²) >= 11 is 0. The minimum absolute atomic E-state index is 0.407. The van der Waals surface area contributed by atoms with Gasteiger partial charge in [0, 0.05) is 25.7 Å². The first-order chi connectivity index (χ1) is 16.8. The van der Waals surface area contributed by atoms with Crippen LogP contribution >= 0.6 is 0 Å². The van der Waals surface area contributed by atoms with Gasteiger partial charge in [0.25, 0.3) is 0 Å². The van der Waals surface area contributed by atoms with Gasteiger partial charge in [0.2, 0.25) is 17.8 Å². The van der Waals surface area contributed by atoms with Crippen molar-refractivity contribution in [3.63, 3.8) is 0 Å². The molecule has 1 heterocycles. The number of ether oxygens (including phenoxy) is 2. The van der Waals surface area contributed by atoms with E-state index in [0.29, 0.717) is 63.4 Å². The zero-order chi connectivity index (χ0) is 23.7. The number of hydrogen-bond donors (Lipinski definition) is 4. The molecule has 0 unspecified atom stereocenters. The second kappa shape index (κ2) is 16.2. The fourth-order valence-corrected chi connectivity index (χ4v) is 3.99. The summed E-state index contributed by atoms with van der Waals surface area (Å²) in [5.74, 6) is 1.76. The molecule has 1 aromatic carbocycles. The lowest BCUT2D eigenvalue weighted by molar-refractivity contribution is 0.0547. The SMILES string of the molecule is NCCOCCOCCNc1nc(NCCc2ccccc2)nc(NC2CCCCCCC2)n1. The van der Waals surface area contributed by atoms with Crippen molar-refractivity contribution in [3.05, 3.63) is 35.9 Å². The molecule has 3 rings (SSSR count). The molecule has 188 valence electrons. The molecule has 0 aliphatic heterocycles. The van der Waals surface area contributed by atoms with Crippen LogP contribution in [0, 0.1) is 0 Å². The van der Waals surface area contributed by atoms with Crippen LogP contribution in [-0.4, -0.2) is 67.1 Å². The molecule has 0 radical (unpaired) electrons. The highest BCUT2D eigenvalue weighted by Gasteiger charge is 2.14. The van der Waals surface area contributed by atoms with E-state index in [0.717, 1.165) is 25.8 Å². The third-order valence-corrected chi connectivity index (χ3v) is 5.78. The first kappa shape index (κ1) is 26.1. The van der Waals surface area contributed by atoms with Crippen LogP contribution in [0.5, 0.6) is 0 Å². The Kier molecular flexibility index (Phi) is 12.4. The summed E-state index contributed by atoms with van der Waals surface area (Å²) < 4.78 is 10.9. The van der Waals surface area contributed by atoms with Gasteiger partial charge in [-0.25, -0.2) is 0 Å². The highest BCUT2D eigenvalue weighted by Crippen LogP contribution is 2.20. The number of hydrogen-bond acceptors (Lipinski definition) is 9. The maximum absolute atomic E-state index is 5.59. The lowest BCUT2D eigenvalue weighted by Gasteiger charge is -2.21. The maximum Gasteiger partial charge on any atom is 0.229 e. The lowest BCUT2D eigenvalue weighted by Crippen LogP contribution is -2.23. The molecular formula is C25H41N7O2. The summed E-state index contributed by atoms with van der Waals surface area (Å²) in [6, 6.07) is 10.8. The van der Waals surface area contributed by atoms with Gasteiger partial charge >= 0.3 is 0 Å². The van der Waals surface area contributed by atoms with E-state index < -0.39 is 0 Å². The summed E-state index contributed by atoms with van der Waals surface area (Å²) in [7, 11) is 0. The minimum atomic E-state index is 0.407. The largest absolute Gasteiger partial charge is 0.378 e. The third kappa shape index (κ3) is 10.6. The Morgan fingerprint density at radius 2 is 1.35 bits per heavy atom. The fourth-order valence-electron chi connectivity index (χ4n) is 3.99. The van der Waals surface area contributed by atoms with Crippen molar-refractivity contribution in [2.75, 3.05) is 62.0 Å². The van der Waals surface area contributed by atoms with Gasteiger partial charge in [-0.1, -0.05) is 62.4 Å². The molecule has 34 heavy (non-hydrogen) atoms. The predicted octanol–water partition coefficient (Wildman–Crippen LogP) is 3.45. The van der Waals surface area contributed by atoms with Crippen LogP contribution in [0.2, 0.25) is 0 Å². The second-order valence-corrected chi connectivity index (χ2v) is 8.60. The fraction of sp³-hybridized carbons (Fsp3) is 0.640. The highest BCUT2D eigenvalue weighted by molar-refractivity contribution is 5.42. The van der Waals surface area contributed by atoms with Crippen molar-refractivity contribution in [2.24, 2.45) is 5.73 Å². The van der Waals surface area contributed by atoms with Crippen LogP contribution in [0.4, 0.5) is 17.8 Å². The van der Waals surface area contributed by atoms with Crippen LogP contribution in [0.1, 0.15) is 50.5 Å². The third-order valence-electron chi connectivity index (χ3n) is 5.78. The zero-order valence-electron chi connectivity index (χ0n) is 20.3. The topological polar surface area (TPSA) is 119 Å². The van der Waals surface area contributed by atoms with Crippen molar-refractivity contribution >= 4 is 17.8 Å². The smallest absolute Gasteiger partial charge is 0.229 e. The number of rotatable bonds is 15. The van der Waals surface area contributed by atoms with Gasteiger partial charge in [0.05, 0.1) is 26.4 Å². The Morgan fingerprint density at radius 3 is 2.06 bits per heavy atom. The monoisotopic (exact) mass is 471 g/mol. The first-order valence-electron chi connectivity index (χ1n) is 12.7. The Morgan fingerprint density at radius 1 is 0.735 bits per heavy atom. The molecule has 5 N–H and O–H groups in total. The van der Waals surface area contributed by atoms with Gasteiger partial charge in [-0.05, 0) is 24.8 Å². The molecule has 9 heteroatoms. The number of nitrogens with zero attached hydrogens (tertiary/aromatic N) is 3. The Hall–Kier alpha value is -2.49. The molecule has 1 aliphatic rings. The molecule has 1 saturated carbocycles. The van der Waals surface area contributed by atoms with Crippen molar-refractivity contribution < 1.29 is 9.47 Å². The molecule has 9 nitrogen and oxygen atoms in total. The molecule has 1 aromatic heterocycles. The van der Waals surface area contributed by atoms with E-state index in [4.69, 9.17) is 15.2 Å². The average Bonchev–Trinajstić information content (AvgIpc) is 2.83. The van der Waals surface area contributed by atoms with Crippen molar-refractivity contribution in [1.82, 2.24) is 15.0 Å². The van der Waals surface area contributed by atoms with Gasteiger partial charge in [-0.2, -0.15) is 15.0 Å². The zero-order valence-corrected chi connectivity index (χ0v) is 20.3. The van der Waals surface area contributed by atoms with Gasteiger partial charge in [0.15, 0.2) is 0 Å². The standard InChI is InChI=1S/C25H41N7O2/c26-14-17-33-19-20-34-18-16-28-24-30-23(27-15-13-21-9-5-4-6-10-21)31-25(32-24)29-22-11-7-2-1-3-8-12-22/h4-6,9-10,22H,1-3,7-8,11-20,26H2,(H3,27,28,29,30,31,32). The summed E-state index contributed by atoms with van der Waals surface area (Å²) in [4.78, 5) is 13.9. The van der Waals surface area contributed by atoms with E-state index in [1.165, 1.54) is 37.7 Å². The molecule has 1 aliphatic carbocycles. The van der Waals surface area contributed by atoms with Crippen molar-refractivity contribution in [1.29, 1.82) is 0 Å². The van der Waals surface area contributed by atoms with E-state index in [-0.39, 0.29) is 0 Å². The van der Waals surface area contributed by atoms with Crippen LogP contribution in [0.25, 0.3) is 0 Å². The van der Waals surface area contributed by atoms with Gasteiger partial charge in [-0.15, -0.1) is 0 Å². The molecule has 0 atom stereocenters. The number of anilines is 3. The minimum Gasteiger partial charge on any atom is -0.378 e.